The summed E-state index contributed by atoms with van der Waals surface area (Å²) in [6.07, 6.45) is 5.79. The second kappa shape index (κ2) is 6.02. The van der Waals surface area contributed by atoms with E-state index < -0.39 is 0 Å². The molecule has 1 aromatic heterocycles. The second-order valence-corrected chi connectivity index (χ2v) is 5.06. The van der Waals surface area contributed by atoms with Crippen LogP contribution in [0.2, 0.25) is 0 Å². The Hall–Kier alpha value is -1.62. The van der Waals surface area contributed by atoms with Crippen molar-refractivity contribution >= 4 is 11.6 Å². The SMILES string of the molecule is CCNC(=O)c1cc(NC2(CO)CCCC2)ccn1. The molecule has 1 amide bonds. The Labute approximate surface area is 113 Å². The minimum absolute atomic E-state index is 0.117. The van der Waals surface area contributed by atoms with E-state index >= 15 is 0 Å². The molecule has 5 nitrogen and oxygen atoms in total. The van der Waals surface area contributed by atoms with Crippen molar-refractivity contribution in [2.45, 2.75) is 38.1 Å². The molecular formula is C14H21N3O2. The first kappa shape index (κ1) is 13.8. The van der Waals surface area contributed by atoms with Crippen LogP contribution in [0, 0.1) is 0 Å². The molecule has 2 rings (SSSR count). The number of amides is 1. The largest absolute Gasteiger partial charge is 0.394 e. The van der Waals surface area contributed by atoms with Crippen molar-refractivity contribution in [1.82, 2.24) is 10.3 Å². The van der Waals surface area contributed by atoms with Crippen LogP contribution in [0.1, 0.15) is 43.1 Å². The van der Waals surface area contributed by atoms with Gasteiger partial charge in [-0.15, -0.1) is 0 Å². The zero-order valence-electron chi connectivity index (χ0n) is 11.3. The van der Waals surface area contributed by atoms with Crippen LogP contribution in [0.3, 0.4) is 0 Å². The number of rotatable bonds is 5. The lowest BCUT2D eigenvalue weighted by Gasteiger charge is -2.29. The van der Waals surface area contributed by atoms with Crippen LogP contribution in [-0.2, 0) is 0 Å². The number of aliphatic hydroxyl groups excluding tert-OH is 1. The van der Waals surface area contributed by atoms with Gasteiger partial charge in [0.25, 0.3) is 5.91 Å². The summed E-state index contributed by atoms with van der Waals surface area (Å²) in [6.45, 7) is 2.57. The third-order valence-corrected chi connectivity index (χ3v) is 3.60. The van der Waals surface area contributed by atoms with Crippen LogP contribution in [0.15, 0.2) is 18.3 Å². The normalized spacial score (nSPS) is 17.2. The monoisotopic (exact) mass is 263 g/mol. The molecule has 0 aromatic carbocycles. The molecule has 0 unspecified atom stereocenters. The molecule has 5 heteroatoms. The van der Waals surface area contributed by atoms with Crippen LogP contribution in [0.25, 0.3) is 0 Å². The lowest BCUT2D eigenvalue weighted by Crippen LogP contribution is -2.39. The minimum atomic E-state index is -0.236. The van der Waals surface area contributed by atoms with Gasteiger partial charge in [0, 0.05) is 18.4 Å². The lowest BCUT2D eigenvalue weighted by molar-refractivity contribution is 0.0951. The summed E-state index contributed by atoms with van der Waals surface area (Å²) in [7, 11) is 0. The van der Waals surface area contributed by atoms with Crippen molar-refractivity contribution in [3.8, 4) is 0 Å². The minimum Gasteiger partial charge on any atom is -0.394 e. The van der Waals surface area contributed by atoms with Gasteiger partial charge in [0.2, 0.25) is 0 Å². The number of anilines is 1. The Kier molecular flexibility index (Phi) is 4.37. The molecule has 1 aliphatic carbocycles. The summed E-state index contributed by atoms with van der Waals surface area (Å²) in [5, 5.41) is 15.7. The first-order chi connectivity index (χ1) is 9.19. The number of carbonyl (C=O) groups excluding carboxylic acids is 1. The standard InChI is InChI=1S/C14H21N3O2/c1-2-15-13(19)12-9-11(5-8-16-12)17-14(10-18)6-3-4-7-14/h5,8-9,18H,2-4,6-7,10H2,1H3,(H,15,19)(H,16,17). The quantitative estimate of drug-likeness (QED) is 0.753. The molecule has 1 aliphatic rings. The van der Waals surface area contributed by atoms with E-state index in [1.165, 1.54) is 0 Å². The third-order valence-electron chi connectivity index (χ3n) is 3.60. The molecule has 1 fully saturated rings. The molecule has 0 bridgehead atoms. The maximum absolute atomic E-state index is 11.7. The van der Waals surface area contributed by atoms with Gasteiger partial charge in [0.15, 0.2) is 0 Å². The molecule has 104 valence electrons. The van der Waals surface area contributed by atoms with E-state index in [0.29, 0.717) is 12.2 Å². The highest BCUT2D eigenvalue weighted by Gasteiger charge is 2.33. The average molecular weight is 263 g/mol. The molecule has 0 spiro atoms. The van der Waals surface area contributed by atoms with Crippen LogP contribution in [0.5, 0.6) is 0 Å². The molecule has 0 saturated heterocycles. The molecule has 3 N–H and O–H groups in total. The maximum atomic E-state index is 11.7. The number of aliphatic hydroxyl groups is 1. The van der Waals surface area contributed by atoms with Gasteiger partial charge in [-0.3, -0.25) is 9.78 Å². The van der Waals surface area contributed by atoms with Gasteiger partial charge >= 0.3 is 0 Å². The lowest BCUT2D eigenvalue weighted by atomic mass is 9.98. The van der Waals surface area contributed by atoms with Crippen LogP contribution >= 0.6 is 0 Å². The van der Waals surface area contributed by atoms with Gasteiger partial charge in [-0.05, 0) is 31.9 Å². The van der Waals surface area contributed by atoms with E-state index in [2.05, 4.69) is 15.6 Å². The second-order valence-electron chi connectivity index (χ2n) is 5.06. The smallest absolute Gasteiger partial charge is 0.269 e. The molecule has 1 heterocycles. The Balaban J connectivity index is 2.12. The first-order valence-electron chi connectivity index (χ1n) is 6.82. The average Bonchev–Trinajstić information content (AvgIpc) is 2.88. The van der Waals surface area contributed by atoms with E-state index in [0.717, 1.165) is 31.4 Å². The van der Waals surface area contributed by atoms with Crippen molar-refractivity contribution < 1.29 is 9.90 Å². The molecular weight excluding hydrogens is 242 g/mol. The Morgan fingerprint density at radius 1 is 1.47 bits per heavy atom. The molecule has 0 atom stereocenters. The van der Waals surface area contributed by atoms with Gasteiger partial charge in [-0.25, -0.2) is 0 Å². The number of pyridine rings is 1. The highest BCUT2D eigenvalue weighted by molar-refractivity contribution is 5.93. The molecule has 0 aliphatic heterocycles. The van der Waals surface area contributed by atoms with Crippen LogP contribution in [0.4, 0.5) is 5.69 Å². The number of nitrogens with one attached hydrogen (secondary N) is 2. The zero-order valence-corrected chi connectivity index (χ0v) is 11.3. The number of hydrogen-bond acceptors (Lipinski definition) is 4. The van der Waals surface area contributed by atoms with E-state index in [1.807, 2.05) is 13.0 Å². The van der Waals surface area contributed by atoms with Crippen molar-refractivity contribution in [3.63, 3.8) is 0 Å². The zero-order chi connectivity index (χ0) is 13.7. The fourth-order valence-corrected chi connectivity index (χ4v) is 2.56. The van der Waals surface area contributed by atoms with Gasteiger partial charge in [-0.2, -0.15) is 0 Å². The summed E-state index contributed by atoms with van der Waals surface area (Å²) in [5.41, 5.74) is 1.00. The number of carbonyl (C=O) groups is 1. The van der Waals surface area contributed by atoms with Crippen molar-refractivity contribution in [3.05, 3.63) is 24.0 Å². The van der Waals surface area contributed by atoms with Crippen molar-refractivity contribution in [2.75, 3.05) is 18.5 Å². The first-order valence-corrected chi connectivity index (χ1v) is 6.82. The number of hydrogen-bond donors (Lipinski definition) is 3. The predicted molar refractivity (Wildman–Crippen MR) is 74.2 cm³/mol. The highest BCUT2D eigenvalue weighted by Crippen LogP contribution is 2.32. The van der Waals surface area contributed by atoms with Gasteiger partial charge in [-0.1, -0.05) is 12.8 Å². The molecule has 1 aromatic rings. The topological polar surface area (TPSA) is 74.2 Å². The Bertz CT molecular complexity index is 442. The summed E-state index contributed by atoms with van der Waals surface area (Å²) in [4.78, 5) is 15.8. The Morgan fingerprint density at radius 3 is 2.84 bits per heavy atom. The molecule has 19 heavy (non-hydrogen) atoms. The van der Waals surface area contributed by atoms with Gasteiger partial charge in [0.05, 0.1) is 12.1 Å². The van der Waals surface area contributed by atoms with Crippen LogP contribution in [-0.4, -0.2) is 34.7 Å². The van der Waals surface area contributed by atoms with Gasteiger partial charge in [0.1, 0.15) is 5.69 Å². The molecule has 0 radical (unpaired) electrons. The summed E-state index contributed by atoms with van der Waals surface area (Å²) in [6, 6.07) is 3.57. The number of aromatic nitrogens is 1. The van der Waals surface area contributed by atoms with E-state index in [1.54, 1.807) is 12.3 Å². The third kappa shape index (κ3) is 3.23. The van der Waals surface area contributed by atoms with E-state index in [-0.39, 0.29) is 18.1 Å². The fourth-order valence-electron chi connectivity index (χ4n) is 2.56. The summed E-state index contributed by atoms with van der Waals surface area (Å²) in [5.74, 6) is -0.171. The predicted octanol–water partition coefficient (Wildman–Crippen LogP) is 1.55. The van der Waals surface area contributed by atoms with Gasteiger partial charge < -0.3 is 15.7 Å². The molecule has 1 saturated carbocycles. The van der Waals surface area contributed by atoms with Crippen LogP contribution < -0.4 is 10.6 Å². The van der Waals surface area contributed by atoms with E-state index in [4.69, 9.17) is 0 Å². The van der Waals surface area contributed by atoms with E-state index in [9.17, 15) is 9.90 Å². The number of nitrogens with zero attached hydrogens (tertiary/aromatic N) is 1. The summed E-state index contributed by atoms with van der Waals surface area (Å²) < 4.78 is 0. The maximum Gasteiger partial charge on any atom is 0.269 e. The Morgan fingerprint density at radius 2 is 2.21 bits per heavy atom. The highest BCUT2D eigenvalue weighted by atomic mass is 16.3. The van der Waals surface area contributed by atoms with Crippen molar-refractivity contribution in [1.29, 1.82) is 0 Å². The summed E-state index contributed by atoms with van der Waals surface area (Å²) >= 11 is 0. The van der Waals surface area contributed by atoms with Crippen molar-refractivity contribution in [2.24, 2.45) is 0 Å². The fraction of sp³-hybridized carbons (Fsp3) is 0.571.